The van der Waals surface area contributed by atoms with E-state index in [1.807, 2.05) is 0 Å². The molecule has 0 saturated carbocycles. The van der Waals surface area contributed by atoms with Crippen LogP contribution in [0, 0.1) is 6.08 Å². The number of hydrogen-bond donors (Lipinski definition) is 0. The minimum absolute atomic E-state index is 0. The first kappa shape index (κ1) is 18.1. The first-order chi connectivity index (χ1) is 4.43. The summed E-state index contributed by atoms with van der Waals surface area (Å²) in [5, 5.41) is 0. The van der Waals surface area contributed by atoms with Crippen LogP contribution in [0.1, 0.15) is 32.6 Å². The van der Waals surface area contributed by atoms with Gasteiger partial charge in [-0.15, -0.1) is 6.42 Å². The van der Waals surface area contributed by atoms with Crippen LogP contribution in [0.5, 0.6) is 0 Å². The average molecular weight is 252 g/mol. The molecule has 0 aromatic heterocycles. The van der Waals surface area contributed by atoms with Gasteiger partial charge in [-0.25, -0.2) is 11.6 Å². The molecule has 0 spiro atoms. The van der Waals surface area contributed by atoms with Gasteiger partial charge >= 0.3 is 0 Å². The number of unbranched alkanes of at least 4 members (excludes halogenated alkanes) is 1. The Morgan fingerprint density at radius 3 is 2.50 bits per heavy atom. The summed E-state index contributed by atoms with van der Waals surface area (Å²) in [6, 6.07) is 0. The van der Waals surface area contributed by atoms with Crippen molar-refractivity contribution in [2.75, 3.05) is 0 Å². The molecule has 0 atom stereocenters. The van der Waals surface area contributed by atoms with Crippen molar-refractivity contribution in [3.05, 3.63) is 23.8 Å². The average Bonchev–Trinajstić information content (AvgIpc) is 2.34. The van der Waals surface area contributed by atoms with Crippen molar-refractivity contribution in [3.8, 4) is 0 Å². The van der Waals surface area contributed by atoms with E-state index in [-0.39, 0.29) is 35.6 Å². The quantitative estimate of drug-likeness (QED) is 0.677. The second kappa shape index (κ2) is 11.2. The number of rotatable bonds is 3. The van der Waals surface area contributed by atoms with Crippen molar-refractivity contribution < 1.29 is 35.6 Å². The van der Waals surface area contributed by atoms with E-state index in [0.29, 0.717) is 0 Å². The Morgan fingerprint density at radius 1 is 1.42 bits per heavy atom. The Labute approximate surface area is 92.0 Å². The predicted octanol–water partition coefficient (Wildman–Crippen LogP) is 3.17. The van der Waals surface area contributed by atoms with Crippen molar-refractivity contribution in [3.63, 3.8) is 0 Å². The largest absolute Gasteiger partial charge is 0.269 e. The van der Waals surface area contributed by atoms with E-state index in [0.717, 1.165) is 6.42 Å². The molecule has 0 aromatic carbocycles. The standard InChI is InChI=1S/C9H13.2FH.Zr/c1-2-3-6-9-7-4-5-8-9;;;/h4,7H,2-3,5-6H2,1H3;2*1H;/q-1;;;. The maximum absolute atomic E-state index is 3.30. The topological polar surface area (TPSA) is 0 Å². The number of hydrogen-bond acceptors (Lipinski definition) is 0. The van der Waals surface area contributed by atoms with Gasteiger partial charge in [-0.3, -0.25) is 15.5 Å². The van der Waals surface area contributed by atoms with Gasteiger partial charge in [-0.2, -0.15) is 6.08 Å². The Morgan fingerprint density at radius 2 is 2.08 bits per heavy atom. The zero-order valence-corrected chi connectivity index (χ0v) is 9.76. The summed E-state index contributed by atoms with van der Waals surface area (Å²) in [5.74, 6) is 0. The SMILES string of the molecule is CCCCC1=[C-]CC=C1.F.F.[Zr]. The molecule has 0 N–H and O–H groups in total. The van der Waals surface area contributed by atoms with Crippen molar-refractivity contribution in [2.45, 2.75) is 32.6 Å². The van der Waals surface area contributed by atoms with Crippen LogP contribution in [0.4, 0.5) is 9.41 Å². The van der Waals surface area contributed by atoms with E-state index in [9.17, 15) is 0 Å². The first-order valence-corrected chi connectivity index (χ1v) is 3.69. The fourth-order valence-corrected chi connectivity index (χ4v) is 0.989. The van der Waals surface area contributed by atoms with Gasteiger partial charge in [0.05, 0.1) is 0 Å². The van der Waals surface area contributed by atoms with Crippen molar-refractivity contribution in [2.24, 2.45) is 0 Å². The zero-order chi connectivity index (χ0) is 6.53. The van der Waals surface area contributed by atoms with Crippen LogP contribution in [0.3, 0.4) is 0 Å². The maximum Gasteiger partial charge on any atom is 0 e. The van der Waals surface area contributed by atoms with Gasteiger partial charge in [0, 0.05) is 26.2 Å². The van der Waals surface area contributed by atoms with E-state index in [1.165, 1.54) is 24.8 Å². The Kier molecular flexibility index (Phi) is 16.9. The molecule has 1 rings (SSSR count). The van der Waals surface area contributed by atoms with Crippen LogP contribution in [-0.2, 0) is 26.2 Å². The molecule has 70 valence electrons. The summed E-state index contributed by atoms with van der Waals surface area (Å²) in [4.78, 5) is 0. The molecular weight excluding hydrogens is 237 g/mol. The summed E-state index contributed by atoms with van der Waals surface area (Å²) >= 11 is 0. The molecule has 0 fully saturated rings. The minimum atomic E-state index is 0. The molecule has 0 aromatic rings. The fraction of sp³-hybridized carbons (Fsp3) is 0.556. The van der Waals surface area contributed by atoms with Crippen LogP contribution in [-0.4, -0.2) is 0 Å². The smallest absolute Gasteiger partial charge is 0 e. The molecule has 1 aliphatic rings. The van der Waals surface area contributed by atoms with Crippen LogP contribution in [0.15, 0.2) is 17.7 Å². The van der Waals surface area contributed by atoms with Crippen LogP contribution >= 0.6 is 0 Å². The number of halogens is 2. The van der Waals surface area contributed by atoms with E-state index in [2.05, 4.69) is 25.2 Å². The molecule has 0 bridgehead atoms. The van der Waals surface area contributed by atoms with Crippen LogP contribution in [0.2, 0.25) is 0 Å². The van der Waals surface area contributed by atoms with Gasteiger partial charge in [0.2, 0.25) is 0 Å². The van der Waals surface area contributed by atoms with Gasteiger partial charge in [-0.05, 0) is 0 Å². The third kappa shape index (κ3) is 6.90. The van der Waals surface area contributed by atoms with Gasteiger partial charge in [-0.1, -0.05) is 26.2 Å². The van der Waals surface area contributed by atoms with Crippen molar-refractivity contribution in [1.29, 1.82) is 0 Å². The number of allylic oxidation sites excluding steroid dienone is 4. The van der Waals surface area contributed by atoms with Gasteiger partial charge in [0.15, 0.2) is 0 Å². The molecule has 1 aliphatic carbocycles. The summed E-state index contributed by atoms with van der Waals surface area (Å²) in [7, 11) is 0. The molecule has 0 heterocycles. The molecule has 0 amide bonds. The molecule has 3 heteroatoms. The fourth-order valence-electron chi connectivity index (χ4n) is 0.989. The third-order valence-electron chi connectivity index (χ3n) is 1.57. The first-order valence-electron chi connectivity index (χ1n) is 3.69. The van der Waals surface area contributed by atoms with Gasteiger partial charge in [0.25, 0.3) is 0 Å². The molecule has 0 aliphatic heterocycles. The molecule has 0 unspecified atom stereocenters. The summed E-state index contributed by atoms with van der Waals surface area (Å²) in [6.07, 6.45) is 12.5. The molecular formula is C9H15F2Zr-. The maximum atomic E-state index is 3.30. The van der Waals surface area contributed by atoms with Gasteiger partial charge in [0.1, 0.15) is 0 Å². The molecule has 0 radical (unpaired) electrons. The Balaban J connectivity index is -0.000000270. The van der Waals surface area contributed by atoms with E-state index in [1.54, 1.807) is 0 Å². The molecule has 0 nitrogen and oxygen atoms in total. The van der Waals surface area contributed by atoms with Crippen molar-refractivity contribution in [1.82, 2.24) is 0 Å². The van der Waals surface area contributed by atoms with Crippen molar-refractivity contribution >= 4 is 0 Å². The Bertz CT molecular complexity index is 141. The molecule has 0 saturated heterocycles. The van der Waals surface area contributed by atoms with Gasteiger partial charge < -0.3 is 0 Å². The normalized spacial score (nSPS) is 12.2. The van der Waals surface area contributed by atoms with E-state index >= 15 is 0 Å². The minimum Gasteiger partial charge on any atom is -0.269 e. The second-order valence-corrected chi connectivity index (χ2v) is 2.41. The van der Waals surface area contributed by atoms with Crippen LogP contribution < -0.4 is 0 Å². The monoisotopic (exact) mass is 251 g/mol. The molecule has 12 heavy (non-hydrogen) atoms. The van der Waals surface area contributed by atoms with Crippen LogP contribution in [0.25, 0.3) is 0 Å². The predicted molar refractivity (Wildman–Crippen MR) is 45.0 cm³/mol. The summed E-state index contributed by atoms with van der Waals surface area (Å²) in [5.41, 5.74) is 1.41. The third-order valence-corrected chi connectivity index (χ3v) is 1.57. The van der Waals surface area contributed by atoms with E-state index < -0.39 is 0 Å². The summed E-state index contributed by atoms with van der Waals surface area (Å²) < 4.78 is 0. The summed E-state index contributed by atoms with van der Waals surface area (Å²) in [6.45, 7) is 2.22. The second-order valence-electron chi connectivity index (χ2n) is 2.41. The van der Waals surface area contributed by atoms with E-state index in [4.69, 9.17) is 0 Å². The zero-order valence-electron chi connectivity index (χ0n) is 7.30. The Hall–Kier alpha value is 0.223.